The van der Waals surface area contributed by atoms with E-state index in [1.54, 1.807) is 6.08 Å². The van der Waals surface area contributed by atoms with Crippen molar-refractivity contribution in [2.24, 2.45) is 0 Å². The topological polar surface area (TPSA) is 12.9 Å². The van der Waals surface area contributed by atoms with Crippen molar-refractivity contribution in [2.45, 2.75) is 7.43 Å². The van der Waals surface area contributed by atoms with Gasteiger partial charge < -0.3 is 0 Å². The van der Waals surface area contributed by atoms with Crippen molar-refractivity contribution < 1.29 is 0 Å². The zero-order valence-corrected chi connectivity index (χ0v) is 10.6. The Labute approximate surface area is 112 Å². The molecule has 2 rings (SSSR count). The predicted octanol–water partition coefficient (Wildman–Crippen LogP) is 4.99. The van der Waals surface area contributed by atoms with Crippen LogP contribution in [0.2, 0.25) is 0 Å². The second kappa shape index (κ2) is 9.79. The first-order valence-electron chi connectivity index (χ1n) is 5.00. The zero-order valence-electron chi connectivity index (χ0n) is 9.01. The largest absolute Gasteiger partial charge is 0.264 e. The minimum atomic E-state index is 0. The molecule has 90 valence electrons. The first-order valence-corrected chi connectivity index (χ1v) is 6.13. The summed E-state index contributed by atoms with van der Waals surface area (Å²) in [7, 11) is 0. The molecular formula is C15H18BrN. The highest BCUT2D eigenvalue weighted by Crippen LogP contribution is 2.09. The molecule has 0 aliphatic heterocycles. The molecule has 0 saturated carbocycles. The van der Waals surface area contributed by atoms with Crippen molar-refractivity contribution in [3.05, 3.63) is 67.5 Å². The normalized spacial score (nSPS) is 9.24. The highest BCUT2D eigenvalue weighted by Gasteiger charge is 1.86. The summed E-state index contributed by atoms with van der Waals surface area (Å²) in [4.78, 5) is 4.01. The van der Waals surface area contributed by atoms with E-state index in [4.69, 9.17) is 0 Å². The molecule has 0 amide bonds. The van der Waals surface area contributed by atoms with Crippen LogP contribution in [0.4, 0.5) is 0 Å². The average Bonchev–Trinajstić information content (AvgIpc) is 2.37. The van der Waals surface area contributed by atoms with E-state index < -0.39 is 0 Å². The van der Waals surface area contributed by atoms with E-state index in [9.17, 15) is 0 Å². The number of aromatic nitrogens is 1. The minimum absolute atomic E-state index is 0. The molecule has 17 heavy (non-hydrogen) atoms. The van der Waals surface area contributed by atoms with Crippen LogP contribution in [0.1, 0.15) is 7.43 Å². The summed E-state index contributed by atoms with van der Waals surface area (Å²) in [6.45, 7) is 3.49. The molecule has 0 aliphatic carbocycles. The third-order valence-corrected chi connectivity index (χ3v) is 2.28. The van der Waals surface area contributed by atoms with Gasteiger partial charge in [-0.1, -0.05) is 72.4 Å². The number of pyridine rings is 1. The van der Waals surface area contributed by atoms with Crippen LogP contribution in [0.15, 0.2) is 67.5 Å². The highest BCUT2D eigenvalue weighted by molar-refractivity contribution is 9.09. The van der Waals surface area contributed by atoms with Crippen molar-refractivity contribution in [3.63, 3.8) is 0 Å². The predicted molar refractivity (Wildman–Crippen MR) is 81.6 cm³/mol. The average molecular weight is 292 g/mol. The van der Waals surface area contributed by atoms with E-state index in [1.807, 2.05) is 42.7 Å². The van der Waals surface area contributed by atoms with Gasteiger partial charge in [-0.05, 0) is 16.8 Å². The molecular weight excluding hydrogens is 274 g/mol. The fraction of sp³-hybridized carbons (Fsp3) is 0.133. The third kappa shape index (κ3) is 6.03. The van der Waals surface area contributed by atoms with Crippen LogP contribution in [0, 0.1) is 0 Å². The molecule has 0 bridgehead atoms. The summed E-state index contributed by atoms with van der Waals surface area (Å²) in [6.07, 6.45) is 9.31. The van der Waals surface area contributed by atoms with Gasteiger partial charge in [-0.25, -0.2) is 0 Å². The lowest BCUT2D eigenvalue weighted by molar-refractivity contribution is 1.36. The van der Waals surface area contributed by atoms with Gasteiger partial charge in [-0.3, -0.25) is 4.98 Å². The molecule has 1 aromatic heterocycles. The summed E-state index contributed by atoms with van der Waals surface area (Å²) in [5.74, 6) is 0. The van der Waals surface area contributed by atoms with Gasteiger partial charge in [0.1, 0.15) is 0 Å². The van der Waals surface area contributed by atoms with Gasteiger partial charge in [0.05, 0.1) is 0 Å². The minimum Gasteiger partial charge on any atom is -0.264 e. The molecule has 0 aliphatic rings. The fourth-order valence-corrected chi connectivity index (χ4v) is 1.39. The summed E-state index contributed by atoms with van der Waals surface area (Å²) < 4.78 is 0. The van der Waals surface area contributed by atoms with Crippen LogP contribution in [0.25, 0.3) is 10.8 Å². The Hall–Kier alpha value is -1.41. The summed E-state index contributed by atoms with van der Waals surface area (Å²) in [5.41, 5.74) is 0. The Morgan fingerprint density at radius 2 is 1.88 bits per heavy atom. The number of allylic oxidation sites excluding steroid dienone is 3. The molecule has 0 fully saturated rings. The van der Waals surface area contributed by atoms with Gasteiger partial charge in [0.2, 0.25) is 0 Å². The maximum atomic E-state index is 4.01. The van der Waals surface area contributed by atoms with Gasteiger partial charge in [0.15, 0.2) is 0 Å². The van der Waals surface area contributed by atoms with E-state index in [1.165, 1.54) is 10.8 Å². The number of nitrogens with zero attached hydrogens (tertiary/aromatic N) is 1. The Morgan fingerprint density at radius 1 is 1.18 bits per heavy atom. The van der Waals surface area contributed by atoms with E-state index in [2.05, 4.69) is 39.6 Å². The second-order valence-electron chi connectivity index (χ2n) is 3.04. The van der Waals surface area contributed by atoms with Crippen LogP contribution in [0.5, 0.6) is 0 Å². The van der Waals surface area contributed by atoms with Crippen molar-refractivity contribution in [2.75, 3.05) is 5.33 Å². The molecule has 0 unspecified atom stereocenters. The van der Waals surface area contributed by atoms with Crippen molar-refractivity contribution in [3.8, 4) is 0 Å². The number of hydrogen-bond acceptors (Lipinski definition) is 1. The summed E-state index contributed by atoms with van der Waals surface area (Å²) >= 11 is 3.22. The van der Waals surface area contributed by atoms with Gasteiger partial charge in [0, 0.05) is 17.7 Å². The van der Waals surface area contributed by atoms with Crippen LogP contribution in [-0.2, 0) is 0 Å². The Balaban J connectivity index is 0.000000324. The molecule has 0 atom stereocenters. The number of fused-ring (bicyclic) bond motifs is 1. The number of rotatable bonds is 2. The number of alkyl halides is 1. The smallest absolute Gasteiger partial charge is 0.0346 e. The molecule has 0 spiro atoms. The molecule has 2 heteroatoms. The van der Waals surface area contributed by atoms with Crippen LogP contribution in [-0.4, -0.2) is 10.3 Å². The van der Waals surface area contributed by atoms with Crippen molar-refractivity contribution in [1.82, 2.24) is 4.98 Å². The van der Waals surface area contributed by atoms with Gasteiger partial charge in [0.25, 0.3) is 0 Å². The van der Waals surface area contributed by atoms with E-state index >= 15 is 0 Å². The maximum absolute atomic E-state index is 4.01. The SMILES string of the molecule is C.C=C/C=C/CBr.c1ccc2cnccc2c1. The van der Waals surface area contributed by atoms with E-state index in [0.717, 1.165) is 5.33 Å². The molecule has 1 nitrogen and oxygen atoms in total. The quantitative estimate of drug-likeness (QED) is 0.561. The zero-order chi connectivity index (χ0) is 11.6. The second-order valence-corrected chi connectivity index (χ2v) is 3.69. The fourth-order valence-electron chi connectivity index (χ4n) is 1.17. The Morgan fingerprint density at radius 3 is 2.41 bits per heavy atom. The molecule has 0 saturated heterocycles. The standard InChI is InChI=1S/C9H7N.C5H7Br.CH4/c1-2-4-9-7-10-6-5-8(9)3-1;1-2-3-4-5-6;/h1-7H;2-4H,1,5H2;1H4/b;4-3+;. The highest BCUT2D eigenvalue weighted by atomic mass is 79.9. The monoisotopic (exact) mass is 291 g/mol. The number of halogens is 1. The molecule has 0 N–H and O–H groups in total. The van der Waals surface area contributed by atoms with Gasteiger partial charge >= 0.3 is 0 Å². The Kier molecular flexibility index (Phi) is 8.98. The lowest BCUT2D eigenvalue weighted by Gasteiger charge is -1.91. The van der Waals surface area contributed by atoms with E-state index in [-0.39, 0.29) is 7.43 Å². The van der Waals surface area contributed by atoms with E-state index in [0.29, 0.717) is 0 Å². The summed E-state index contributed by atoms with van der Waals surface area (Å²) in [5, 5.41) is 3.36. The Bertz CT molecular complexity index is 398. The van der Waals surface area contributed by atoms with Gasteiger partial charge in [-0.2, -0.15) is 0 Å². The van der Waals surface area contributed by atoms with Gasteiger partial charge in [-0.15, -0.1) is 0 Å². The lowest BCUT2D eigenvalue weighted by Crippen LogP contribution is -1.71. The molecule has 2 aromatic rings. The van der Waals surface area contributed by atoms with Crippen LogP contribution in [0.3, 0.4) is 0 Å². The number of benzene rings is 1. The van der Waals surface area contributed by atoms with Crippen molar-refractivity contribution in [1.29, 1.82) is 0 Å². The third-order valence-electron chi connectivity index (χ3n) is 1.91. The molecule has 0 radical (unpaired) electrons. The van der Waals surface area contributed by atoms with Crippen LogP contribution >= 0.6 is 15.9 Å². The molecule has 1 aromatic carbocycles. The first-order chi connectivity index (χ1) is 7.88. The molecule has 1 heterocycles. The number of hydrogen-bond donors (Lipinski definition) is 0. The lowest BCUT2D eigenvalue weighted by atomic mass is 10.2. The maximum Gasteiger partial charge on any atom is 0.0346 e. The summed E-state index contributed by atoms with van der Waals surface area (Å²) in [6, 6.07) is 10.2. The first kappa shape index (κ1) is 15.6. The van der Waals surface area contributed by atoms with Crippen LogP contribution < -0.4 is 0 Å². The van der Waals surface area contributed by atoms with Crippen molar-refractivity contribution >= 4 is 26.7 Å².